The van der Waals surface area contributed by atoms with Crippen LogP contribution in [0.15, 0.2) is 60.2 Å². The maximum absolute atomic E-state index is 16.6. The number of carbonyl (C=O) groups excluding carboxylic acids is 7. The van der Waals surface area contributed by atoms with Gasteiger partial charge in [-0.15, -0.1) is 0 Å². The molecule has 2 aromatic carbocycles. The number of esters is 1. The highest BCUT2D eigenvalue weighted by atomic mass is 35.5. The monoisotopic (exact) mass is 1420 g/mol. The first-order chi connectivity index (χ1) is 47.8. The Morgan fingerprint density at radius 3 is 2.22 bits per heavy atom. The fourth-order valence-corrected chi connectivity index (χ4v) is 15.1. The van der Waals surface area contributed by atoms with Crippen LogP contribution in [0.25, 0.3) is 22.0 Å². The molecule has 0 spiro atoms. The van der Waals surface area contributed by atoms with Gasteiger partial charge in [-0.1, -0.05) is 75.6 Å². The SMILES string of the molecule is C=CC(=O)N1CCN(c2nc(NCCC(=O)NCCCCCCNC(=O)CCC[C@@H]3/C=C(\C)C[C@H](C)C[C@H](OC)[C@H]4O[C@@](O)(C(=O)C(=O)N5CCCC[C@H]5C(=O)O[C@H](/C(C)=C/[C@@H]5CC[C@@H](O)[C@H](OC)C5)[C@H](C)CCC3=O)[C@H](C)C[C@@H]4O)nc3c(F)c(-c4c(O)cccc4F)c(Cl)cc23)CC1. The summed E-state index contributed by atoms with van der Waals surface area (Å²) in [5, 5.41) is 53.7. The number of piperazine rings is 1. The topological polar surface area (TPSA) is 309 Å². The molecule has 23 nitrogen and oxygen atoms in total. The molecule has 5 aliphatic rings. The number of methoxy groups -OCH3 is 2. The maximum atomic E-state index is 16.6. The van der Waals surface area contributed by atoms with E-state index < -0.39 is 101 Å². The van der Waals surface area contributed by atoms with Gasteiger partial charge in [-0.3, -0.25) is 28.8 Å². The Labute approximate surface area is 590 Å². The number of benzene rings is 2. The number of hydrogen-bond acceptors (Lipinski definition) is 19. The van der Waals surface area contributed by atoms with Crippen molar-refractivity contribution in [2.75, 3.05) is 76.8 Å². The average Bonchev–Trinajstić information content (AvgIpc) is 0.784. The Balaban J connectivity index is 0.850. The zero-order chi connectivity index (χ0) is 72.5. The van der Waals surface area contributed by atoms with Crippen LogP contribution in [0.5, 0.6) is 5.75 Å². The van der Waals surface area contributed by atoms with E-state index in [4.69, 9.17) is 35.5 Å². The van der Waals surface area contributed by atoms with Gasteiger partial charge < -0.3 is 70.0 Å². The summed E-state index contributed by atoms with van der Waals surface area (Å²) < 4.78 is 55.8. The van der Waals surface area contributed by atoms with Gasteiger partial charge in [-0.05, 0) is 151 Å². The highest BCUT2D eigenvalue weighted by Gasteiger charge is 2.56. The van der Waals surface area contributed by atoms with Crippen molar-refractivity contribution in [3.8, 4) is 16.9 Å². The molecular weight excluding hydrogens is 1310 g/mol. The number of ether oxygens (including phenoxy) is 4. The van der Waals surface area contributed by atoms with Crippen LogP contribution in [0, 0.1) is 41.2 Å². The van der Waals surface area contributed by atoms with E-state index >= 15 is 8.78 Å². The van der Waals surface area contributed by atoms with E-state index in [1.165, 1.54) is 43.2 Å². The molecule has 1 aliphatic carbocycles. The summed E-state index contributed by atoms with van der Waals surface area (Å²) in [6, 6.07) is 3.85. The number of rotatable bonds is 22. The summed E-state index contributed by atoms with van der Waals surface area (Å²) in [5.74, 6) is -10.5. The predicted molar refractivity (Wildman–Crippen MR) is 374 cm³/mol. The zero-order valence-electron chi connectivity index (χ0n) is 58.9. The van der Waals surface area contributed by atoms with E-state index in [2.05, 4.69) is 27.5 Å². The molecule has 4 amide bonds. The number of aliphatic hydroxyl groups is 3. The molecule has 7 N–H and O–H groups in total. The molecule has 1 aromatic heterocycles. The fourth-order valence-electron chi connectivity index (χ4n) is 14.9. The minimum Gasteiger partial charge on any atom is -0.507 e. The first-order valence-corrected chi connectivity index (χ1v) is 36.0. The predicted octanol–water partition coefficient (Wildman–Crippen LogP) is 8.99. The number of ketones is 2. The number of carbonyl (C=O) groups is 7. The first kappa shape index (κ1) is 78.7. The highest BCUT2D eigenvalue weighted by molar-refractivity contribution is 6.39. The molecular formula is C74H103ClF2N8O15. The van der Waals surface area contributed by atoms with Crippen LogP contribution >= 0.6 is 11.6 Å². The van der Waals surface area contributed by atoms with Crippen LogP contribution < -0.4 is 20.9 Å². The van der Waals surface area contributed by atoms with Gasteiger partial charge >= 0.3 is 5.97 Å². The molecule has 13 atom stereocenters. The van der Waals surface area contributed by atoms with Gasteiger partial charge in [0.25, 0.3) is 11.7 Å². The van der Waals surface area contributed by atoms with E-state index in [-0.39, 0.29) is 114 Å². The number of amides is 4. The van der Waals surface area contributed by atoms with Crippen LogP contribution in [0.3, 0.4) is 0 Å². The first-order valence-electron chi connectivity index (χ1n) is 35.6. The summed E-state index contributed by atoms with van der Waals surface area (Å²) in [6.45, 7) is 15.1. The molecule has 550 valence electrons. The van der Waals surface area contributed by atoms with E-state index in [1.54, 1.807) is 12.0 Å². The average molecular weight is 1420 g/mol. The molecule has 26 heteroatoms. The third-order valence-corrected chi connectivity index (χ3v) is 20.8. The molecule has 8 rings (SSSR count). The number of unbranched alkanes of at least 4 members (excludes halogenated alkanes) is 3. The summed E-state index contributed by atoms with van der Waals surface area (Å²) in [5.41, 5.74) is 0.648. The lowest BCUT2D eigenvalue weighted by molar-refractivity contribution is -0.300. The number of fused-ring (bicyclic) bond motifs is 4. The number of nitrogens with one attached hydrogen (secondary N) is 3. The lowest BCUT2D eigenvalue weighted by atomic mass is 9.82. The number of aromatic hydroxyl groups is 1. The van der Waals surface area contributed by atoms with E-state index in [0.29, 0.717) is 122 Å². The second-order valence-electron chi connectivity index (χ2n) is 28.1. The number of halogens is 3. The Morgan fingerprint density at radius 2 is 1.54 bits per heavy atom. The number of nitrogens with zero attached hydrogens (tertiary/aromatic N) is 5. The number of aromatic nitrogens is 2. The summed E-state index contributed by atoms with van der Waals surface area (Å²) in [4.78, 5) is 110. The van der Waals surface area contributed by atoms with Gasteiger partial charge in [-0.25, -0.2) is 18.6 Å². The number of anilines is 2. The molecule has 0 unspecified atom stereocenters. The maximum Gasteiger partial charge on any atom is 0.329 e. The van der Waals surface area contributed by atoms with Crippen LogP contribution in [-0.2, 0) is 52.5 Å². The molecule has 0 radical (unpaired) electrons. The molecule has 1 saturated carbocycles. The Bertz CT molecular complexity index is 3440. The van der Waals surface area contributed by atoms with Crippen LogP contribution in [0.1, 0.15) is 157 Å². The van der Waals surface area contributed by atoms with Crippen LogP contribution in [0.4, 0.5) is 20.5 Å². The molecule has 100 heavy (non-hydrogen) atoms. The number of hydrogen-bond donors (Lipinski definition) is 7. The minimum atomic E-state index is -2.63. The third-order valence-electron chi connectivity index (χ3n) is 20.5. The van der Waals surface area contributed by atoms with Crippen molar-refractivity contribution in [3.05, 3.63) is 76.9 Å². The van der Waals surface area contributed by atoms with Crippen molar-refractivity contribution >= 4 is 75.4 Å². The second kappa shape index (κ2) is 36.7. The lowest BCUT2D eigenvalue weighted by Gasteiger charge is -2.46. The smallest absolute Gasteiger partial charge is 0.329 e. The lowest BCUT2D eigenvalue weighted by Crippen LogP contribution is -2.64. The second-order valence-corrected chi connectivity index (χ2v) is 28.5. The summed E-state index contributed by atoms with van der Waals surface area (Å²) in [6.07, 6.45) is 8.39. The van der Waals surface area contributed by atoms with E-state index in [1.807, 2.05) is 44.7 Å². The van der Waals surface area contributed by atoms with Gasteiger partial charge in [0, 0.05) is 109 Å². The van der Waals surface area contributed by atoms with Gasteiger partial charge in [0.1, 0.15) is 46.9 Å². The molecule has 5 heterocycles. The Hall–Kier alpha value is -7.00. The van der Waals surface area contributed by atoms with E-state index in [9.17, 15) is 54.0 Å². The minimum absolute atomic E-state index is 0.00742. The fraction of sp³-hybridized carbons (Fsp3) is 0.635. The van der Waals surface area contributed by atoms with Gasteiger partial charge in [-0.2, -0.15) is 4.98 Å². The van der Waals surface area contributed by atoms with Crippen molar-refractivity contribution in [1.82, 2.24) is 30.4 Å². The van der Waals surface area contributed by atoms with Crippen LogP contribution in [-0.4, -0.2) is 196 Å². The number of phenols is 1. The molecule has 3 saturated heterocycles. The standard InChI is InChI=1S/C74H103ClF2N8O15/c1-9-62(92)83-32-34-84(35-33-83)70-50-42-51(75)63(64-52(76)19-17-21-56(64)88)65(77)66(50)81-73(82-70)80-30-27-61(91)79-29-14-11-10-13-28-78-60(90)22-16-18-49-37-43(2)36-44(3)38-59(98-8)68-57(89)40-47(6)74(96,100-68)69(93)71(94)85-31-15-12-20-53(85)72(95)99-67(45(4)23-25-54(49)86)46(5)39-48-24-26-55(87)58(41-48)97-7/h9,17,19,21,37,39,42,44-45,47-49,53,55,57-59,67-68,87-89,96H,1,10-16,18,20,22-36,38,40-41H2,2-8H3,(H,78,90)(H,79,91)(H,80,81,82)/b43-37+,46-39+/t44-,45+,47+,48-,49+,53-,55+,57-,58+,59-,67-,68-,74+/m0/s1. The van der Waals surface area contributed by atoms with Gasteiger partial charge in [0.15, 0.2) is 5.82 Å². The van der Waals surface area contributed by atoms with Gasteiger partial charge in [0.05, 0.1) is 35.0 Å². The van der Waals surface area contributed by atoms with E-state index in [0.717, 1.165) is 30.1 Å². The van der Waals surface area contributed by atoms with Crippen molar-refractivity contribution < 1.29 is 81.7 Å². The molecule has 3 aromatic rings. The number of cyclic esters (lactones) is 1. The highest BCUT2D eigenvalue weighted by Crippen LogP contribution is 2.44. The van der Waals surface area contributed by atoms with Crippen molar-refractivity contribution in [1.29, 1.82) is 0 Å². The van der Waals surface area contributed by atoms with Crippen LogP contribution in [0.2, 0.25) is 5.02 Å². The summed E-state index contributed by atoms with van der Waals surface area (Å²) in [7, 11) is 3.01. The molecule has 2 bridgehead atoms. The quantitative estimate of drug-likeness (QED) is 0.0162. The molecule has 4 aliphatic heterocycles. The largest absolute Gasteiger partial charge is 0.507 e. The van der Waals surface area contributed by atoms with Crippen molar-refractivity contribution in [2.45, 2.75) is 205 Å². The Morgan fingerprint density at radius 1 is 0.840 bits per heavy atom. The normalized spacial score (nSPS) is 28.5. The zero-order valence-corrected chi connectivity index (χ0v) is 59.7. The Kier molecular flexibility index (Phi) is 28.9. The van der Waals surface area contributed by atoms with Gasteiger partial charge in [0.2, 0.25) is 29.5 Å². The molecule has 4 fully saturated rings. The third kappa shape index (κ3) is 20.0. The summed E-state index contributed by atoms with van der Waals surface area (Å²) >= 11 is 6.61. The number of Topliss-reactive ketones (excluding diaryl/α,β-unsaturated/α-hetero) is 2. The number of aliphatic hydroxyl groups excluding tert-OH is 2. The number of phenolic OH excluding ortho intramolecular Hbond substituents is 1. The number of piperidine rings is 1. The van der Waals surface area contributed by atoms with Crippen molar-refractivity contribution in [2.24, 2.45) is 29.6 Å². The number of allylic oxidation sites excluding steroid dienone is 3. The van der Waals surface area contributed by atoms with Crippen molar-refractivity contribution in [3.63, 3.8) is 0 Å².